The minimum atomic E-state index is 0.00943. The number of carbonyl (C=O) groups excluding carboxylic acids is 1. The first-order chi connectivity index (χ1) is 12.2. The summed E-state index contributed by atoms with van der Waals surface area (Å²) < 4.78 is 7.73. The van der Waals surface area contributed by atoms with Gasteiger partial charge in [-0.05, 0) is 30.3 Å². The van der Waals surface area contributed by atoms with Crippen LogP contribution in [0.4, 0.5) is 5.69 Å². The van der Waals surface area contributed by atoms with Gasteiger partial charge in [-0.3, -0.25) is 4.79 Å². The standard InChI is InChI=1S/C18H17ClN2O2S2/c1-2-17(22)20-12-7-8-14-16(11-12)25-18(21-14)24-10-9-23-15-6-4-3-5-13(15)19/h3-8,11H,2,9-10H2,1H3,(H,20,22). The third-order valence-electron chi connectivity index (χ3n) is 3.38. The summed E-state index contributed by atoms with van der Waals surface area (Å²) in [6, 6.07) is 13.2. The highest BCUT2D eigenvalue weighted by molar-refractivity contribution is 8.01. The molecule has 0 spiro atoms. The number of thiazole rings is 1. The molecule has 2 aromatic carbocycles. The molecular weight excluding hydrogens is 376 g/mol. The largest absolute Gasteiger partial charge is 0.491 e. The molecule has 0 fully saturated rings. The topological polar surface area (TPSA) is 51.2 Å². The molecule has 0 atom stereocenters. The van der Waals surface area contributed by atoms with Gasteiger partial charge < -0.3 is 10.1 Å². The molecule has 0 bridgehead atoms. The minimum absolute atomic E-state index is 0.00943. The molecule has 3 rings (SSSR count). The number of halogens is 1. The number of anilines is 1. The third kappa shape index (κ3) is 4.87. The van der Waals surface area contributed by atoms with Gasteiger partial charge in [0.25, 0.3) is 0 Å². The fraction of sp³-hybridized carbons (Fsp3) is 0.222. The van der Waals surface area contributed by atoms with Gasteiger partial charge in [0.1, 0.15) is 5.75 Å². The first-order valence-corrected chi connectivity index (χ1v) is 10.0. The number of hydrogen-bond donors (Lipinski definition) is 1. The van der Waals surface area contributed by atoms with Crippen LogP contribution in [-0.2, 0) is 4.79 Å². The molecule has 0 aliphatic carbocycles. The van der Waals surface area contributed by atoms with Crippen LogP contribution in [0, 0.1) is 0 Å². The molecule has 0 saturated carbocycles. The number of para-hydroxylation sites is 1. The van der Waals surface area contributed by atoms with Crippen LogP contribution in [0.15, 0.2) is 46.8 Å². The highest BCUT2D eigenvalue weighted by Crippen LogP contribution is 2.31. The molecule has 3 aromatic rings. The van der Waals surface area contributed by atoms with Crippen molar-refractivity contribution >= 4 is 56.5 Å². The zero-order valence-electron chi connectivity index (χ0n) is 13.6. The van der Waals surface area contributed by atoms with Gasteiger partial charge in [-0.2, -0.15) is 0 Å². The SMILES string of the molecule is CCC(=O)Nc1ccc2nc(SCCOc3ccccc3Cl)sc2c1. The van der Waals surface area contributed by atoms with E-state index in [-0.39, 0.29) is 5.91 Å². The van der Waals surface area contributed by atoms with E-state index in [1.165, 1.54) is 0 Å². The zero-order chi connectivity index (χ0) is 17.6. The molecule has 1 heterocycles. The van der Waals surface area contributed by atoms with Crippen LogP contribution in [-0.4, -0.2) is 23.3 Å². The van der Waals surface area contributed by atoms with Gasteiger partial charge in [0.15, 0.2) is 4.34 Å². The van der Waals surface area contributed by atoms with E-state index < -0.39 is 0 Å². The predicted octanol–water partition coefficient (Wildman–Crippen LogP) is 5.47. The van der Waals surface area contributed by atoms with Gasteiger partial charge >= 0.3 is 0 Å². The Morgan fingerprint density at radius 2 is 2.16 bits per heavy atom. The summed E-state index contributed by atoms with van der Waals surface area (Å²) in [5, 5.41) is 3.49. The lowest BCUT2D eigenvalue weighted by Gasteiger charge is -2.06. The van der Waals surface area contributed by atoms with E-state index in [9.17, 15) is 4.79 Å². The summed E-state index contributed by atoms with van der Waals surface area (Å²) in [7, 11) is 0. The summed E-state index contributed by atoms with van der Waals surface area (Å²) in [5.74, 6) is 1.49. The zero-order valence-corrected chi connectivity index (χ0v) is 16.0. The maximum atomic E-state index is 11.5. The van der Waals surface area contributed by atoms with Crippen LogP contribution in [0.2, 0.25) is 5.02 Å². The van der Waals surface area contributed by atoms with Crippen molar-refractivity contribution in [2.75, 3.05) is 17.7 Å². The van der Waals surface area contributed by atoms with Crippen LogP contribution in [0.1, 0.15) is 13.3 Å². The molecule has 0 saturated heterocycles. The maximum absolute atomic E-state index is 11.5. The first-order valence-electron chi connectivity index (χ1n) is 7.86. The van der Waals surface area contributed by atoms with Gasteiger partial charge in [0.2, 0.25) is 5.91 Å². The van der Waals surface area contributed by atoms with Gasteiger partial charge in [-0.25, -0.2) is 4.98 Å². The molecule has 130 valence electrons. The number of fused-ring (bicyclic) bond motifs is 1. The summed E-state index contributed by atoms with van der Waals surface area (Å²) in [6.45, 7) is 2.39. The van der Waals surface area contributed by atoms with E-state index in [0.717, 1.165) is 26.0 Å². The molecule has 0 aliphatic rings. The van der Waals surface area contributed by atoms with Gasteiger partial charge in [0.05, 0.1) is 21.8 Å². The molecule has 4 nitrogen and oxygen atoms in total. The fourth-order valence-corrected chi connectivity index (χ4v) is 4.32. The van der Waals surface area contributed by atoms with Crippen LogP contribution in [0.3, 0.4) is 0 Å². The third-order valence-corrected chi connectivity index (χ3v) is 5.81. The normalized spacial score (nSPS) is 10.8. The Kier molecular flexibility index (Phi) is 6.18. The van der Waals surface area contributed by atoms with Crippen LogP contribution in [0.25, 0.3) is 10.2 Å². The second kappa shape index (κ2) is 8.56. The van der Waals surface area contributed by atoms with Crippen molar-refractivity contribution in [3.8, 4) is 5.75 Å². The Bertz CT molecular complexity index is 882. The van der Waals surface area contributed by atoms with Crippen LogP contribution < -0.4 is 10.1 Å². The Morgan fingerprint density at radius 1 is 1.32 bits per heavy atom. The van der Waals surface area contributed by atoms with Crippen molar-refractivity contribution in [3.63, 3.8) is 0 Å². The van der Waals surface area contributed by atoms with E-state index in [4.69, 9.17) is 16.3 Å². The van der Waals surface area contributed by atoms with Gasteiger partial charge in [-0.1, -0.05) is 42.4 Å². The minimum Gasteiger partial charge on any atom is -0.491 e. The van der Waals surface area contributed by atoms with Crippen LogP contribution in [0.5, 0.6) is 5.75 Å². The molecule has 1 amide bonds. The van der Waals surface area contributed by atoms with Crippen molar-refractivity contribution < 1.29 is 9.53 Å². The lowest BCUT2D eigenvalue weighted by Crippen LogP contribution is -2.08. The lowest BCUT2D eigenvalue weighted by atomic mass is 10.3. The van der Waals surface area contributed by atoms with E-state index in [1.54, 1.807) is 23.1 Å². The number of thioether (sulfide) groups is 1. The van der Waals surface area contributed by atoms with Crippen LogP contribution >= 0.6 is 34.7 Å². The number of hydrogen-bond acceptors (Lipinski definition) is 5. The average Bonchev–Trinajstić information content (AvgIpc) is 3.02. The van der Waals surface area contributed by atoms with E-state index in [2.05, 4.69) is 10.3 Å². The Hall–Kier alpha value is -1.76. The number of aromatic nitrogens is 1. The molecular formula is C18H17ClN2O2S2. The Labute approximate surface area is 159 Å². The quantitative estimate of drug-likeness (QED) is 0.428. The van der Waals surface area contributed by atoms with Crippen molar-refractivity contribution in [1.29, 1.82) is 0 Å². The van der Waals surface area contributed by atoms with Gasteiger partial charge in [-0.15, -0.1) is 11.3 Å². The number of ether oxygens (including phenoxy) is 1. The summed E-state index contributed by atoms with van der Waals surface area (Å²) in [5.41, 5.74) is 1.75. The molecule has 1 N–H and O–H groups in total. The first kappa shape index (κ1) is 18.0. The van der Waals surface area contributed by atoms with Crippen molar-refractivity contribution in [2.24, 2.45) is 0 Å². The Balaban J connectivity index is 1.57. The van der Waals surface area contributed by atoms with E-state index in [1.807, 2.05) is 49.4 Å². The number of nitrogens with zero attached hydrogens (tertiary/aromatic N) is 1. The summed E-state index contributed by atoms with van der Waals surface area (Å²) in [4.78, 5) is 16.1. The molecule has 7 heteroatoms. The predicted molar refractivity (Wildman–Crippen MR) is 106 cm³/mol. The average molecular weight is 393 g/mol. The molecule has 25 heavy (non-hydrogen) atoms. The second-order valence-corrected chi connectivity index (χ2v) is 7.97. The van der Waals surface area contributed by atoms with Gasteiger partial charge in [0, 0.05) is 17.9 Å². The molecule has 0 aliphatic heterocycles. The smallest absolute Gasteiger partial charge is 0.224 e. The number of nitrogens with one attached hydrogen (secondary N) is 1. The monoisotopic (exact) mass is 392 g/mol. The molecule has 0 radical (unpaired) electrons. The summed E-state index contributed by atoms with van der Waals surface area (Å²) in [6.07, 6.45) is 0.466. The van der Waals surface area contributed by atoms with Crippen molar-refractivity contribution in [3.05, 3.63) is 47.5 Å². The summed E-state index contributed by atoms with van der Waals surface area (Å²) >= 11 is 9.32. The number of benzene rings is 2. The number of carbonyl (C=O) groups is 1. The van der Waals surface area contributed by atoms with Crippen molar-refractivity contribution in [2.45, 2.75) is 17.7 Å². The lowest BCUT2D eigenvalue weighted by molar-refractivity contribution is -0.115. The maximum Gasteiger partial charge on any atom is 0.224 e. The number of rotatable bonds is 7. The highest BCUT2D eigenvalue weighted by Gasteiger charge is 2.07. The molecule has 1 aromatic heterocycles. The Morgan fingerprint density at radius 3 is 2.96 bits per heavy atom. The molecule has 0 unspecified atom stereocenters. The second-order valence-electron chi connectivity index (χ2n) is 5.19. The van der Waals surface area contributed by atoms with E-state index in [0.29, 0.717) is 23.8 Å². The highest BCUT2D eigenvalue weighted by atomic mass is 35.5. The number of amides is 1. The van der Waals surface area contributed by atoms with Crippen molar-refractivity contribution in [1.82, 2.24) is 4.98 Å². The van der Waals surface area contributed by atoms with E-state index >= 15 is 0 Å². The fourth-order valence-electron chi connectivity index (χ4n) is 2.13.